The average molecular weight is 311 g/mol. The van der Waals surface area contributed by atoms with Crippen LogP contribution < -0.4 is 5.32 Å². The maximum Gasteiger partial charge on any atom is 0.410 e. The number of ether oxygens (including phenoxy) is 2. The molecule has 0 radical (unpaired) electrons. The van der Waals surface area contributed by atoms with Gasteiger partial charge in [0.15, 0.2) is 0 Å². The molecule has 0 spiro atoms. The zero-order valence-corrected chi connectivity index (χ0v) is 12.7. The molecule has 1 amide bonds. The third-order valence-corrected chi connectivity index (χ3v) is 4.36. The second-order valence-corrected chi connectivity index (χ2v) is 6.02. The summed E-state index contributed by atoms with van der Waals surface area (Å²) in [7, 11) is 0. The van der Waals surface area contributed by atoms with Crippen molar-refractivity contribution in [2.75, 3.05) is 6.54 Å². The molecule has 0 heterocycles. The monoisotopic (exact) mass is 311 g/mol. The molecule has 2 N–H and O–H groups in total. The predicted octanol–water partition coefficient (Wildman–Crippen LogP) is 1.68. The Labute approximate surface area is 128 Å². The predicted molar refractivity (Wildman–Crippen MR) is 75.8 cm³/mol. The van der Waals surface area contributed by atoms with Gasteiger partial charge in [0.1, 0.15) is 0 Å². The van der Waals surface area contributed by atoms with Crippen LogP contribution >= 0.6 is 0 Å². The first-order chi connectivity index (χ1) is 10.3. The minimum atomic E-state index is -0.978. The van der Waals surface area contributed by atoms with Crippen LogP contribution in [0.4, 0.5) is 4.79 Å². The maximum atomic E-state index is 11.7. The summed E-state index contributed by atoms with van der Waals surface area (Å²) in [6.45, 7) is 2.89. The summed E-state index contributed by atoms with van der Waals surface area (Å²) >= 11 is 0. The highest BCUT2D eigenvalue weighted by molar-refractivity contribution is 5.70. The number of hydrogen-bond acceptors (Lipinski definition) is 5. The molecule has 0 aromatic rings. The first-order valence-corrected chi connectivity index (χ1v) is 7.32. The molecule has 0 aromatic heterocycles. The van der Waals surface area contributed by atoms with E-state index in [1.54, 1.807) is 0 Å². The number of allylic oxidation sites excluding steroid dienone is 2. The van der Waals surface area contributed by atoms with Crippen LogP contribution in [0.5, 0.6) is 0 Å². The molecule has 1 saturated carbocycles. The molecule has 0 saturated heterocycles. The Morgan fingerprint density at radius 1 is 1.41 bits per heavy atom. The highest BCUT2D eigenvalue weighted by Crippen LogP contribution is 2.57. The van der Waals surface area contributed by atoms with Crippen molar-refractivity contribution in [2.24, 2.45) is 17.3 Å². The van der Waals surface area contributed by atoms with Gasteiger partial charge in [-0.05, 0) is 24.7 Å². The van der Waals surface area contributed by atoms with Crippen LogP contribution in [-0.4, -0.2) is 36.0 Å². The lowest BCUT2D eigenvalue weighted by atomic mass is 9.53. The third kappa shape index (κ3) is 3.58. The van der Waals surface area contributed by atoms with Crippen molar-refractivity contribution in [3.63, 3.8) is 0 Å². The molecular weight excluding hydrogens is 290 g/mol. The lowest BCUT2D eigenvalue weighted by Gasteiger charge is -2.51. The van der Waals surface area contributed by atoms with Gasteiger partial charge in [-0.25, -0.2) is 4.79 Å². The van der Waals surface area contributed by atoms with E-state index in [2.05, 4.69) is 11.4 Å². The van der Waals surface area contributed by atoms with Gasteiger partial charge in [-0.15, -0.1) is 0 Å². The lowest BCUT2D eigenvalue weighted by Crippen LogP contribution is -2.53. The molecule has 2 rings (SSSR count). The summed E-state index contributed by atoms with van der Waals surface area (Å²) in [5.41, 5.74) is -0.451. The number of carbonyl (C=O) groups is 3. The number of carbonyl (C=O) groups excluding carboxylic acids is 2. The third-order valence-electron chi connectivity index (χ3n) is 4.36. The second kappa shape index (κ2) is 6.37. The van der Waals surface area contributed by atoms with Gasteiger partial charge in [0.05, 0.1) is 6.42 Å². The number of esters is 1. The number of rotatable bonds is 6. The molecule has 122 valence electrons. The van der Waals surface area contributed by atoms with Gasteiger partial charge in [0.25, 0.3) is 0 Å². The Morgan fingerprint density at radius 3 is 2.73 bits per heavy atom. The summed E-state index contributed by atoms with van der Waals surface area (Å²) in [5, 5.41) is 11.7. The highest BCUT2D eigenvalue weighted by atomic mass is 16.7. The largest absolute Gasteiger partial charge is 0.481 e. The maximum absolute atomic E-state index is 11.7. The van der Waals surface area contributed by atoms with E-state index in [0.717, 1.165) is 12.8 Å². The van der Waals surface area contributed by atoms with E-state index < -0.39 is 29.7 Å². The van der Waals surface area contributed by atoms with Crippen molar-refractivity contribution in [2.45, 2.75) is 39.4 Å². The topological polar surface area (TPSA) is 102 Å². The summed E-state index contributed by atoms with van der Waals surface area (Å²) < 4.78 is 9.58. The number of alkyl carbamates (subject to hydrolysis) is 1. The van der Waals surface area contributed by atoms with Crippen molar-refractivity contribution < 1.29 is 29.0 Å². The van der Waals surface area contributed by atoms with Gasteiger partial charge in [-0.1, -0.05) is 12.2 Å². The fraction of sp³-hybridized carbons (Fsp3) is 0.667. The Bertz CT molecular complexity index is 502. The molecular formula is C15H21NO6. The van der Waals surface area contributed by atoms with Crippen LogP contribution in [0.15, 0.2) is 12.2 Å². The Kier molecular flexibility index (Phi) is 4.73. The van der Waals surface area contributed by atoms with Crippen LogP contribution in [0.2, 0.25) is 0 Å². The van der Waals surface area contributed by atoms with Gasteiger partial charge in [0, 0.05) is 25.8 Å². The summed E-state index contributed by atoms with van der Waals surface area (Å²) in [4.78, 5) is 33.6. The Balaban J connectivity index is 1.87. The number of amides is 1. The van der Waals surface area contributed by atoms with Crippen LogP contribution in [-0.2, 0) is 19.1 Å². The van der Waals surface area contributed by atoms with Gasteiger partial charge in [-0.3, -0.25) is 9.59 Å². The zero-order chi connectivity index (χ0) is 16.3. The molecule has 7 heteroatoms. The van der Waals surface area contributed by atoms with E-state index >= 15 is 0 Å². The number of nitrogens with one attached hydrogen (secondary N) is 1. The molecule has 0 bridgehead atoms. The van der Waals surface area contributed by atoms with Crippen molar-refractivity contribution in [3.05, 3.63) is 12.2 Å². The molecule has 0 aliphatic heterocycles. The minimum Gasteiger partial charge on any atom is -0.481 e. The van der Waals surface area contributed by atoms with Crippen LogP contribution in [0, 0.1) is 17.3 Å². The fourth-order valence-electron chi connectivity index (χ4n) is 3.56. The fourth-order valence-corrected chi connectivity index (χ4v) is 3.56. The standard InChI is InChI=1S/C15H21NO6/c1-9(17)21-10(2)22-14(20)16-8-15(7-13(18)19)6-11-4-3-5-12(11)15/h3,5,10-12H,4,6-8H2,1-2H3,(H,16,20)(H,18,19)/t10-,11+,12+,15+/m1/s1. The van der Waals surface area contributed by atoms with Crippen molar-refractivity contribution in [1.82, 2.24) is 5.32 Å². The number of hydrogen-bond donors (Lipinski definition) is 2. The number of fused-ring (bicyclic) bond motifs is 1. The van der Waals surface area contributed by atoms with Gasteiger partial charge >= 0.3 is 18.0 Å². The van der Waals surface area contributed by atoms with E-state index in [1.165, 1.54) is 13.8 Å². The number of aliphatic carboxylic acids is 1. The first kappa shape index (κ1) is 16.3. The normalized spacial score (nSPS) is 29.9. The number of carboxylic acids is 1. The van der Waals surface area contributed by atoms with E-state index in [9.17, 15) is 14.4 Å². The van der Waals surface area contributed by atoms with E-state index in [1.807, 2.05) is 6.08 Å². The lowest BCUT2D eigenvalue weighted by molar-refractivity contribution is -0.162. The molecule has 4 atom stereocenters. The van der Waals surface area contributed by atoms with Gasteiger partial charge < -0.3 is 19.9 Å². The molecule has 7 nitrogen and oxygen atoms in total. The highest BCUT2D eigenvalue weighted by Gasteiger charge is 2.54. The van der Waals surface area contributed by atoms with Crippen molar-refractivity contribution in [1.29, 1.82) is 0 Å². The SMILES string of the molecule is CC(=O)O[C@@H](C)OC(=O)NC[C@@]1(CC(=O)O)C[C@@H]2CC=C[C@@H]21. The van der Waals surface area contributed by atoms with E-state index in [4.69, 9.17) is 14.6 Å². The number of carboxylic acid groups (broad SMARTS) is 1. The average Bonchev–Trinajstić information content (AvgIpc) is 2.75. The van der Waals surface area contributed by atoms with E-state index in [-0.39, 0.29) is 18.9 Å². The smallest absolute Gasteiger partial charge is 0.410 e. The van der Waals surface area contributed by atoms with Crippen LogP contribution in [0.1, 0.15) is 33.1 Å². The zero-order valence-electron chi connectivity index (χ0n) is 12.7. The molecule has 22 heavy (non-hydrogen) atoms. The van der Waals surface area contributed by atoms with Crippen LogP contribution in [0.25, 0.3) is 0 Å². The first-order valence-electron chi connectivity index (χ1n) is 7.32. The summed E-state index contributed by atoms with van der Waals surface area (Å²) in [6, 6.07) is 0. The van der Waals surface area contributed by atoms with Gasteiger partial charge in [-0.2, -0.15) is 0 Å². The molecule has 2 aliphatic carbocycles. The Hall–Kier alpha value is -2.05. The van der Waals surface area contributed by atoms with Crippen molar-refractivity contribution in [3.8, 4) is 0 Å². The molecule has 0 unspecified atom stereocenters. The quantitative estimate of drug-likeness (QED) is 0.439. The minimum absolute atomic E-state index is 0.0122. The molecule has 1 fully saturated rings. The summed E-state index contributed by atoms with van der Waals surface area (Å²) in [6.07, 6.45) is 4.18. The van der Waals surface area contributed by atoms with Crippen molar-refractivity contribution >= 4 is 18.0 Å². The molecule has 0 aromatic carbocycles. The Morgan fingerprint density at radius 2 is 2.14 bits per heavy atom. The summed E-state index contributed by atoms with van der Waals surface area (Å²) in [5.74, 6) is -0.741. The van der Waals surface area contributed by atoms with E-state index in [0.29, 0.717) is 5.92 Å². The second-order valence-electron chi connectivity index (χ2n) is 6.02. The van der Waals surface area contributed by atoms with Gasteiger partial charge in [0.2, 0.25) is 6.29 Å². The van der Waals surface area contributed by atoms with Crippen LogP contribution in [0.3, 0.4) is 0 Å². The molecule has 2 aliphatic rings.